The Hall–Kier alpha value is -3.34. The molecule has 4 atom stereocenters. The van der Waals surface area contributed by atoms with E-state index in [-0.39, 0.29) is 23.3 Å². The second-order valence-corrected chi connectivity index (χ2v) is 10.9. The number of hydrogen-bond acceptors (Lipinski definition) is 10. The summed E-state index contributed by atoms with van der Waals surface area (Å²) in [5.74, 6) is -3.52. The lowest BCUT2D eigenvalue weighted by molar-refractivity contribution is -0.153. The Morgan fingerprint density at radius 2 is 1.34 bits per heavy atom. The molecule has 3 unspecified atom stereocenters. The Morgan fingerprint density at radius 1 is 0.842 bits per heavy atom. The predicted molar refractivity (Wildman–Crippen MR) is 138 cm³/mol. The Morgan fingerprint density at radius 3 is 1.79 bits per heavy atom. The van der Waals surface area contributed by atoms with Gasteiger partial charge in [0.15, 0.2) is 11.5 Å². The average Bonchev–Trinajstić information content (AvgIpc) is 2.72. The summed E-state index contributed by atoms with van der Waals surface area (Å²) in [5.41, 5.74) is 6.14. The first-order chi connectivity index (χ1) is 17.4. The second-order valence-electron chi connectivity index (χ2n) is 10.9. The normalized spacial score (nSPS) is 14.7. The largest absolute Gasteiger partial charge is 0.514 e. The maximum Gasteiger partial charge on any atom is 0.514 e. The summed E-state index contributed by atoms with van der Waals surface area (Å²) in [7, 11) is 0. The van der Waals surface area contributed by atoms with Gasteiger partial charge in [-0.15, -0.1) is 0 Å². The summed E-state index contributed by atoms with van der Waals surface area (Å²) < 4.78 is 26.1. The standard InChI is InChI=1S/C27H41NO10/c1-14(2)34-25(32)37-19-11-10-18(12-20(19)38-26(33)35-15(3)4)22(23(28)24(30)31)16(5)17(6)36-21(29)13-27(7,8)9/h10-12,14-17,22-23H,13,28H2,1-9H3,(H,30,31)/t16?,17?,22?,23-/m0/s1. The van der Waals surface area contributed by atoms with Gasteiger partial charge < -0.3 is 34.5 Å². The first-order valence-electron chi connectivity index (χ1n) is 12.5. The van der Waals surface area contributed by atoms with E-state index in [4.69, 9.17) is 29.4 Å². The number of aliphatic carboxylic acids is 1. The fourth-order valence-corrected chi connectivity index (χ4v) is 3.58. The summed E-state index contributed by atoms with van der Waals surface area (Å²) in [5, 5.41) is 9.73. The molecule has 0 fully saturated rings. The molecule has 0 aliphatic rings. The number of ether oxygens (including phenoxy) is 5. The van der Waals surface area contributed by atoms with E-state index >= 15 is 0 Å². The van der Waals surface area contributed by atoms with Crippen molar-refractivity contribution in [3.8, 4) is 11.5 Å². The van der Waals surface area contributed by atoms with Gasteiger partial charge in [0.05, 0.1) is 18.6 Å². The molecule has 0 saturated heterocycles. The van der Waals surface area contributed by atoms with Gasteiger partial charge in [-0.05, 0) is 57.7 Å². The van der Waals surface area contributed by atoms with E-state index in [9.17, 15) is 24.3 Å². The Bertz CT molecular complexity index is 983. The van der Waals surface area contributed by atoms with Crippen molar-refractivity contribution in [3.63, 3.8) is 0 Å². The van der Waals surface area contributed by atoms with Gasteiger partial charge in [0.1, 0.15) is 12.1 Å². The predicted octanol–water partition coefficient (Wildman–Crippen LogP) is 5.03. The monoisotopic (exact) mass is 539 g/mol. The van der Waals surface area contributed by atoms with Crippen LogP contribution >= 0.6 is 0 Å². The van der Waals surface area contributed by atoms with Crippen molar-refractivity contribution in [2.24, 2.45) is 17.1 Å². The average molecular weight is 540 g/mol. The van der Waals surface area contributed by atoms with Gasteiger partial charge in [0.25, 0.3) is 0 Å². The molecule has 1 rings (SSSR count). The van der Waals surface area contributed by atoms with E-state index in [2.05, 4.69) is 0 Å². The summed E-state index contributed by atoms with van der Waals surface area (Å²) in [6.07, 6.45) is -3.56. The quantitative estimate of drug-likeness (QED) is 0.220. The number of nitrogens with two attached hydrogens (primary N) is 1. The molecule has 11 heteroatoms. The summed E-state index contributed by atoms with van der Waals surface area (Å²) >= 11 is 0. The van der Waals surface area contributed by atoms with Crippen molar-refractivity contribution >= 4 is 24.2 Å². The van der Waals surface area contributed by atoms with Crippen molar-refractivity contribution in [1.29, 1.82) is 0 Å². The Labute approximate surface area is 223 Å². The fraction of sp³-hybridized carbons (Fsp3) is 0.630. The van der Waals surface area contributed by atoms with Crippen LogP contribution in [0.5, 0.6) is 11.5 Å². The molecule has 3 N–H and O–H groups in total. The van der Waals surface area contributed by atoms with E-state index in [1.807, 2.05) is 20.8 Å². The lowest BCUT2D eigenvalue weighted by atomic mass is 9.79. The zero-order valence-electron chi connectivity index (χ0n) is 23.6. The van der Waals surface area contributed by atoms with Crippen LogP contribution in [0.2, 0.25) is 0 Å². The molecule has 0 bridgehead atoms. The molecule has 214 valence electrons. The molecule has 0 amide bonds. The van der Waals surface area contributed by atoms with Gasteiger partial charge in [-0.1, -0.05) is 33.8 Å². The van der Waals surface area contributed by atoms with Crippen molar-refractivity contribution in [2.75, 3.05) is 0 Å². The van der Waals surface area contributed by atoms with Gasteiger partial charge in [-0.2, -0.15) is 0 Å². The van der Waals surface area contributed by atoms with Gasteiger partial charge >= 0.3 is 24.2 Å². The van der Waals surface area contributed by atoms with Gasteiger partial charge in [-0.25, -0.2) is 9.59 Å². The van der Waals surface area contributed by atoms with Crippen LogP contribution in [0.25, 0.3) is 0 Å². The van der Waals surface area contributed by atoms with Crippen LogP contribution in [0, 0.1) is 11.3 Å². The molecule has 1 aromatic rings. The van der Waals surface area contributed by atoms with Gasteiger partial charge in [0, 0.05) is 11.8 Å². The smallest absolute Gasteiger partial charge is 0.480 e. The highest BCUT2D eigenvalue weighted by Gasteiger charge is 2.36. The molecular weight excluding hydrogens is 498 g/mol. The minimum absolute atomic E-state index is 0.153. The first kappa shape index (κ1) is 32.7. The highest BCUT2D eigenvalue weighted by atomic mass is 16.7. The van der Waals surface area contributed by atoms with E-state index < -0.39 is 60.4 Å². The van der Waals surface area contributed by atoms with Crippen LogP contribution in [0.15, 0.2) is 18.2 Å². The topological polar surface area (TPSA) is 161 Å². The number of carboxylic acid groups (broad SMARTS) is 1. The number of carbonyl (C=O) groups is 4. The number of carbonyl (C=O) groups excluding carboxylic acids is 3. The summed E-state index contributed by atoms with van der Waals surface area (Å²) in [6, 6.07) is 2.76. The van der Waals surface area contributed by atoms with Crippen LogP contribution in [0.4, 0.5) is 9.59 Å². The minimum Gasteiger partial charge on any atom is -0.480 e. The molecule has 0 aromatic heterocycles. The van der Waals surface area contributed by atoms with E-state index in [0.717, 1.165) is 0 Å². The molecular formula is C27H41NO10. The van der Waals surface area contributed by atoms with E-state index in [1.165, 1.54) is 18.2 Å². The SMILES string of the molecule is CC(C)OC(=O)Oc1ccc(C(C(C)C(C)OC(=O)CC(C)(C)C)[C@H](N)C(=O)O)cc1OC(=O)OC(C)C. The van der Waals surface area contributed by atoms with E-state index in [1.54, 1.807) is 41.5 Å². The van der Waals surface area contributed by atoms with Crippen molar-refractivity contribution in [1.82, 2.24) is 0 Å². The highest BCUT2D eigenvalue weighted by Crippen LogP contribution is 2.37. The molecule has 0 aliphatic heterocycles. The first-order valence-corrected chi connectivity index (χ1v) is 12.5. The summed E-state index contributed by atoms with van der Waals surface area (Å²) in [4.78, 5) is 48.7. The molecule has 1 aromatic carbocycles. The third kappa shape index (κ3) is 11.0. The van der Waals surface area contributed by atoms with Crippen molar-refractivity contribution in [2.45, 2.75) is 99.0 Å². The number of esters is 1. The molecule has 0 radical (unpaired) electrons. The zero-order valence-corrected chi connectivity index (χ0v) is 23.6. The second kappa shape index (κ2) is 14.0. The number of carboxylic acids is 1. The van der Waals surface area contributed by atoms with Crippen LogP contribution in [-0.2, 0) is 23.8 Å². The molecule has 38 heavy (non-hydrogen) atoms. The number of rotatable bonds is 11. The Balaban J connectivity index is 3.43. The van der Waals surface area contributed by atoms with Gasteiger partial charge in [-0.3, -0.25) is 9.59 Å². The minimum atomic E-state index is -1.40. The summed E-state index contributed by atoms with van der Waals surface area (Å²) in [6.45, 7) is 15.6. The molecule has 0 spiro atoms. The maximum atomic E-state index is 12.4. The van der Waals surface area contributed by atoms with Crippen LogP contribution in [0.3, 0.4) is 0 Å². The van der Waals surface area contributed by atoms with E-state index in [0.29, 0.717) is 5.56 Å². The highest BCUT2D eigenvalue weighted by molar-refractivity contribution is 5.75. The van der Waals surface area contributed by atoms with Crippen molar-refractivity contribution < 1.29 is 48.0 Å². The molecule has 0 heterocycles. The van der Waals surface area contributed by atoms with Crippen LogP contribution in [-0.4, -0.2) is 53.7 Å². The molecule has 0 aliphatic carbocycles. The molecule has 0 saturated carbocycles. The third-order valence-corrected chi connectivity index (χ3v) is 5.37. The molecule has 11 nitrogen and oxygen atoms in total. The maximum absolute atomic E-state index is 12.4. The lowest BCUT2D eigenvalue weighted by Gasteiger charge is -2.32. The van der Waals surface area contributed by atoms with Crippen LogP contribution < -0.4 is 15.2 Å². The number of hydrogen-bond donors (Lipinski definition) is 2. The van der Waals surface area contributed by atoms with Gasteiger partial charge in [0.2, 0.25) is 0 Å². The zero-order chi connectivity index (χ0) is 29.4. The lowest BCUT2D eigenvalue weighted by Crippen LogP contribution is -2.42. The number of benzene rings is 1. The fourth-order valence-electron chi connectivity index (χ4n) is 3.58. The Kier molecular flexibility index (Phi) is 12.0. The van der Waals surface area contributed by atoms with Crippen LogP contribution in [0.1, 0.15) is 80.2 Å². The van der Waals surface area contributed by atoms with Crippen molar-refractivity contribution in [3.05, 3.63) is 23.8 Å². The third-order valence-electron chi connectivity index (χ3n) is 5.37.